The molecular weight excluding hydrogens is 259 g/mol. The summed E-state index contributed by atoms with van der Waals surface area (Å²) in [4.78, 5) is 12.7. The number of nitrogens with zero attached hydrogens (tertiary/aromatic N) is 1. The summed E-state index contributed by atoms with van der Waals surface area (Å²) in [5, 5.41) is 8.93. The van der Waals surface area contributed by atoms with Crippen molar-refractivity contribution in [3.8, 4) is 0 Å². The lowest BCUT2D eigenvalue weighted by Gasteiger charge is -2.25. The second kappa shape index (κ2) is 5.61. The Morgan fingerprint density at radius 2 is 2.05 bits per heavy atom. The molecule has 2 aromatic rings. The van der Waals surface area contributed by atoms with Crippen LogP contribution in [0.1, 0.15) is 17.3 Å². The van der Waals surface area contributed by atoms with Crippen molar-refractivity contribution in [2.75, 3.05) is 17.2 Å². The summed E-state index contributed by atoms with van der Waals surface area (Å²) in [6, 6.07) is 10.7. The zero-order chi connectivity index (χ0) is 14.7. The normalized spacial score (nSPS) is 10.3. The minimum Gasteiger partial charge on any atom is -0.478 e. The van der Waals surface area contributed by atoms with Gasteiger partial charge in [-0.1, -0.05) is 6.07 Å². The fraction of sp³-hybridized carbons (Fsp3) is 0.133. The fourth-order valence-electron chi connectivity index (χ4n) is 2.07. The van der Waals surface area contributed by atoms with Gasteiger partial charge < -0.3 is 15.7 Å². The molecule has 0 aliphatic heterocycles. The van der Waals surface area contributed by atoms with E-state index in [-0.39, 0.29) is 11.4 Å². The van der Waals surface area contributed by atoms with E-state index < -0.39 is 5.97 Å². The summed E-state index contributed by atoms with van der Waals surface area (Å²) in [6.45, 7) is 2.50. The van der Waals surface area contributed by atoms with Crippen LogP contribution in [0.3, 0.4) is 0 Å². The third-order valence-electron chi connectivity index (χ3n) is 3.00. The maximum Gasteiger partial charge on any atom is 0.335 e. The Hall–Kier alpha value is -2.56. The van der Waals surface area contributed by atoms with Crippen LogP contribution in [0.4, 0.5) is 21.5 Å². The van der Waals surface area contributed by atoms with Crippen molar-refractivity contribution >= 4 is 23.0 Å². The molecule has 104 valence electrons. The monoisotopic (exact) mass is 274 g/mol. The maximum atomic E-state index is 13.3. The molecule has 2 rings (SSSR count). The van der Waals surface area contributed by atoms with E-state index in [1.165, 1.54) is 24.3 Å². The molecule has 0 amide bonds. The zero-order valence-electron chi connectivity index (χ0n) is 11.0. The molecule has 0 saturated heterocycles. The van der Waals surface area contributed by atoms with Crippen molar-refractivity contribution in [1.29, 1.82) is 0 Å². The summed E-state index contributed by atoms with van der Waals surface area (Å²) in [5.74, 6) is -1.36. The van der Waals surface area contributed by atoms with Gasteiger partial charge in [0.25, 0.3) is 0 Å². The lowest BCUT2D eigenvalue weighted by Crippen LogP contribution is -2.18. The quantitative estimate of drug-likeness (QED) is 0.840. The molecule has 4 nitrogen and oxygen atoms in total. The molecule has 2 aromatic carbocycles. The molecule has 0 heterocycles. The smallest absolute Gasteiger partial charge is 0.335 e. The number of nitrogens with two attached hydrogens (primary N) is 1. The van der Waals surface area contributed by atoms with Crippen molar-refractivity contribution in [1.82, 2.24) is 0 Å². The summed E-state index contributed by atoms with van der Waals surface area (Å²) in [5.41, 5.74) is 7.71. The molecule has 0 atom stereocenters. The lowest BCUT2D eigenvalue weighted by atomic mass is 10.1. The summed E-state index contributed by atoms with van der Waals surface area (Å²) in [7, 11) is 0. The number of anilines is 3. The van der Waals surface area contributed by atoms with Gasteiger partial charge in [0, 0.05) is 12.2 Å². The molecule has 0 unspecified atom stereocenters. The molecule has 0 bridgehead atoms. The van der Waals surface area contributed by atoms with E-state index in [0.29, 0.717) is 23.6 Å². The van der Waals surface area contributed by atoms with Crippen LogP contribution in [-0.2, 0) is 0 Å². The highest BCUT2D eigenvalue weighted by Crippen LogP contribution is 2.31. The highest BCUT2D eigenvalue weighted by Gasteiger charge is 2.13. The third-order valence-corrected chi connectivity index (χ3v) is 3.00. The van der Waals surface area contributed by atoms with Crippen molar-refractivity contribution in [2.45, 2.75) is 6.92 Å². The Balaban J connectivity index is 2.44. The van der Waals surface area contributed by atoms with E-state index >= 15 is 0 Å². The molecule has 5 heteroatoms. The second-order valence-electron chi connectivity index (χ2n) is 4.30. The summed E-state index contributed by atoms with van der Waals surface area (Å²) < 4.78 is 13.3. The molecule has 0 aliphatic rings. The first kappa shape index (κ1) is 13.9. The van der Waals surface area contributed by atoms with Crippen LogP contribution in [-0.4, -0.2) is 17.6 Å². The number of halogens is 1. The fourth-order valence-corrected chi connectivity index (χ4v) is 2.07. The van der Waals surface area contributed by atoms with Gasteiger partial charge in [-0.2, -0.15) is 0 Å². The molecule has 20 heavy (non-hydrogen) atoms. The van der Waals surface area contributed by atoms with E-state index in [2.05, 4.69) is 0 Å². The Kier molecular flexibility index (Phi) is 3.89. The number of hydrogen-bond acceptors (Lipinski definition) is 3. The van der Waals surface area contributed by atoms with Crippen molar-refractivity contribution < 1.29 is 14.3 Å². The molecule has 0 spiro atoms. The predicted octanol–water partition coefficient (Wildman–Crippen LogP) is 3.26. The molecule has 0 saturated carbocycles. The zero-order valence-corrected chi connectivity index (χ0v) is 11.0. The van der Waals surface area contributed by atoms with Gasteiger partial charge in [0.05, 0.1) is 16.9 Å². The Morgan fingerprint density at radius 3 is 2.60 bits per heavy atom. The van der Waals surface area contributed by atoms with Gasteiger partial charge in [0.2, 0.25) is 0 Å². The minimum atomic E-state index is -1.03. The van der Waals surface area contributed by atoms with Crippen LogP contribution in [0.2, 0.25) is 0 Å². The number of rotatable bonds is 4. The predicted molar refractivity (Wildman–Crippen MR) is 76.9 cm³/mol. The van der Waals surface area contributed by atoms with Crippen molar-refractivity contribution in [3.05, 3.63) is 53.8 Å². The molecule has 3 N–H and O–H groups in total. The number of carbonyl (C=O) groups is 1. The topological polar surface area (TPSA) is 66.6 Å². The number of hydrogen-bond donors (Lipinski definition) is 2. The van der Waals surface area contributed by atoms with Crippen LogP contribution in [0.5, 0.6) is 0 Å². The third kappa shape index (κ3) is 2.71. The van der Waals surface area contributed by atoms with Gasteiger partial charge in [0.1, 0.15) is 5.82 Å². The lowest BCUT2D eigenvalue weighted by molar-refractivity contribution is 0.0697. The van der Waals surface area contributed by atoms with E-state index in [1.54, 1.807) is 18.2 Å². The second-order valence-corrected chi connectivity index (χ2v) is 4.30. The number of carboxylic acids is 1. The summed E-state index contributed by atoms with van der Waals surface area (Å²) >= 11 is 0. The van der Waals surface area contributed by atoms with E-state index in [1.807, 2.05) is 11.8 Å². The molecular formula is C15H15FN2O2. The average molecular weight is 274 g/mol. The number of nitrogen functional groups attached to an aromatic ring is 1. The largest absolute Gasteiger partial charge is 0.478 e. The highest BCUT2D eigenvalue weighted by atomic mass is 19.1. The average Bonchev–Trinajstić information content (AvgIpc) is 2.41. The van der Waals surface area contributed by atoms with Crippen molar-refractivity contribution in [3.63, 3.8) is 0 Å². The standard InChI is InChI=1S/C15H15FN2O2/c1-2-18(12-5-3-4-11(16)9-12)14-7-6-10(15(19)20)8-13(14)17/h3-9H,2,17H2,1H3,(H,19,20). The number of aromatic carboxylic acids is 1. The number of benzene rings is 2. The first-order valence-corrected chi connectivity index (χ1v) is 6.19. The molecule has 0 aliphatic carbocycles. The Bertz CT molecular complexity index is 644. The van der Waals surface area contributed by atoms with Gasteiger partial charge in [-0.15, -0.1) is 0 Å². The van der Waals surface area contributed by atoms with Gasteiger partial charge >= 0.3 is 5.97 Å². The first-order valence-electron chi connectivity index (χ1n) is 6.19. The first-order chi connectivity index (χ1) is 9.52. The van der Waals surface area contributed by atoms with E-state index in [0.717, 1.165) is 0 Å². The van der Waals surface area contributed by atoms with Crippen LogP contribution in [0.15, 0.2) is 42.5 Å². The Morgan fingerprint density at radius 1 is 1.30 bits per heavy atom. The van der Waals surface area contributed by atoms with Crippen molar-refractivity contribution in [2.24, 2.45) is 0 Å². The molecule has 0 aromatic heterocycles. The van der Waals surface area contributed by atoms with Crippen LogP contribution < -0.4 is 10.6 Å². The SMILES string of the molecule is CCN(c1cccc(F)c1)c1ccc(C(=O)O)cc1N. The van der Waals surface area contributed by atoms with Gasteiger partial charge in [-0.05, 0) is 43.3 Å². The van der Waals surface area contributed by atoms with E-state index in [9.17, 15) is 9.18 Å². The van der Waals surface area contributed by atoms with Crippen LogP contribution in [0.25, 0.3) is 0 Å². The maximum absolute atomic E-state index is 13.3. The molecule has 0 radical (unpaired) electrons. The Labute approximate surface area is 116 Å². The van der Waals surface area contributed by atoms with Crippen LogP contribution >= 0.6 is 0 Å². The highest BCUT2D eigenvalue weighted by molar-refractivity contribution is 5.91. The van der Waals surface area contributed by atoms with E-state index in [4.69, 9.17) is 10.8 Å². The van der Waals surface area contributed by atoms with Crippen LogP contribution in [0, 0.1) is 5.82 Å². The van der Waals surface area contributed by atoms with Gasteiger partial charge in [0.15, 0.2) is 0 Å². The van der Waals surface area contributed by atoms with Gasteiger partial charge in [-0.25, -0.2) is 9.18 Å². The summed E-state index contributed by atoms with van der Waals surface area (Å²) in [6.07, 6.45) is 0. The molecule has 0 fully saturated rings. The number of carboxylic acid groups (broad SMARTS) is 1. The van der Waals surface area contributed by atoms with Gasteiger partial charge in [-0.3, -0.25) is 0 Å². The minimum absolute atomic E-state index is 0.126.